The van der Waals surface area contributed by atoms with E-state index in [0.29, 0.717) is 0 Å². The Labute approximate surface area is 118 Å². The molecular weight excluding hydrogens is 254 g/mol. The number of piperazine rings is 1. The first-order valence-electron chi connectivity index (χ1n) is 6.87. The SMILES string of the molecule is Cc1cc(N2CCN(Cc3cocn3)CC2)nc(C)n1. The molecule has 0 spiro atoms. The summed E-state index contributed by atoms with van der Waals surface area (Å²) in [5.74, 6) is 1.88. The average molecular weight is 273 g/mol. The Morgan fingerprint density at radius 3 is 2.60 bits per heavy atom. The van der Waals surface area contributed by atoms with Crippen molar-refractivity contribution >= 4 is 5.82 Å². The van der Waals surface area contributed by atoms with Crippen molar-refractivity contribution in [3.63, 3.8) is 0 Å². The van der Waals surface area contributed by atoms with E-state index in [9.17, 15) is 0 Å². The fraction of sp³-hybridized carbons (Fsp3) is 0.500. The molecule has 0 radical (unpaired) electrons. The normalized spacial score (nSPS) is 16.6. The van der Waals surface area contributed by atoms with Gasteiger partial charge in [0.25, 0.3) is 0 Å². The molecule has 20 heavy (non-hydrogen) atoms. The van der Waals surface area contributed by atoms with Crippen molar-refractivity contribution in [3.05, 3.63) is 35.9 Å². The van der Waals surface area contributed by atoms with Gasteiger partial charge in [-0.3, -0.25) is 4.90 Å². The predicted molar refractivity (Wildman–Crippen MR) is 75.5 cm³/mol. The summed E-state index contributed by atoms with van der Waals surface area (Å²) in [6.45, 7) is 8.79. The molecular formula is C14H19N5O. The van der Waals surface area contributed by atoms with Gasteiger partial charge in [-0.15, -0.1) is 0 Å². The maximum atomic E-state index is 5.01. The fourth-order valence-electron chi connectivity index (χ4n) is 2.54. The van der Waals surface area contributed by atoms with Crippen LogP contribution in [0.1, 0.15) is 17.2 Å². The minimum Gasteiger partial charge on any atom is -0.451 e. The minimum atomic E-state index is 0.838. The Kier molecular flexibility index (Phi) is 3.64. The lowest BCUT2D eigenvalue weighted by Gasteiger charge is -2.35. The summed E-state index contributed by atoms with van der Waals surface area (Å²) in [6, 6.07) is 2.06. The van der Waals surface area contributed by atoms with Crippen molar-refractivity contribution in [3.8, 4) is 0 Å². The van der Waals surface area contributed by atoms with E-state index < -0.39 is 0 Å². The molecule has 1 saturated heterocycles. The molecule has 0 amide bonds. The Morgan fingerprint density at radius 2 is 1.95 bits per heavy atom. The van der Waals surface area contributed by atoms with E-state index in [1.165, 1.54) is 6.39 Å². The summed E-state index contributed by atoms with van der Waals surface area (Å²) in [4.78, 5) is 17.7. The van der Waals surface area contributed by atoms with Crippen LogP contribution in [0.3, 0.4) is 0 Å². The zero-order valence-electron chi connectivity index (χ0n) is 11.9. The Morgan fingerprint density at radius 1 is 1.15 bits per heavy atom. The van der Waals surface area contributed by atoms with E-state index in [2.05, 4.69) is 30.8 Å². The summed E-state index contributed by atoms with van der Waals surface area (Å²) in [5, 5.41) is 0. The van der Waals surface area contributed by atoms with Crippen LogP contribution < -0.4 is 4.90 Å². The first kappa shape index (κ1) is 13.1. The summed E-state index contributed by atoms with van der Waals surface area (Å²) in [6.07, 6.45) is 3.20. The number of aromatic nitrogens is 3. The highest BCUT2D eigenvalue weighted by molar-refractivity contribution is 5.40. The molecule has 0 aliphatic carbocycles. The van der Waals surface area contributed by atoms with Gasteiger partial charge in [0.05, 0.1) is 5.69 Å². The van der Waals surface area contributed by atoms with Crippen LogP contribution in [-0.4, -0.2) is 46.0 Å². The molecule has 2 aromatic heterocycles. The van der Waals surface area contributed by atoms with Crippen molar-refractivity contribution in [2.75, 3.05) is 31.1 Å². The van der Waals surface area contributed by atoms with E-state index in [0.717, 1.165) is 55.8 Å². The molecule has 0 N–H and O–H groups in total. The second-order valence-corrected chi connectivity index (χ2v) is 5.16. The molecule has 6 heteroatoms. The molecule has 6 nitrogen and oxygen atoms in total. The molecule has 1 aliphatic heterocycles. The predicted octanol–water partition coefficient (Wildman–Crippen LogP) is 1.40. The van der Waals surface area contributed by atoms with Gasteiger partial charge in [-0.2, -0.15) is 0 Å². The molecule has 0 saturated carbocycles. The van der Waals surface area contributed by atoms with E-state index in [4.69, 9.17) is 4.42 Å². The number of hydrogen-bond donors (Lipinski definition) is 0. The largest absolute Gasteiger partial charge is 0.451 e. The van der Waals surface area contributed by atoms with Gasteiger partial charge in [0, 0.05) is 44.5 Å². The van der Waals surface area contributed by atoms with Gasteiger partial charge in [0.1, 0.15) is 17.9 Å². The van der Waals surface area contributed by atoms with Crippen LogP contribution in [0.2, 0.25) is 0 Å². The quantitative estimate of drug-likeness (QED) is 0.842. The van der Waals surface area contributed by atoms with E-state index >= 15 is 0 Å². The van der Waals surface area contributed by atoms with Crippen molar-refractivity contribution in [2.45, 2.75) is 20.4 Å². The van der Waals surface area contributed by atoms with Crippen molar-refractivity contribution in [2.24, 2.45) is 0 Å². The van der Waals surface area contributed by atoms with Gasteiger partial charge in [-0.1, -0.05) is 0 Å². The van der Waals surface area contributed by atoms with Crippen LogP contribution in [0, 0.1) is 13.8 Å². The zero-order valence-corrected chi connectivity index (χ0v) is 11.9. The summed E-state index contributed by atoms with van der Waals surface area (Å²) in [7, 11) is 0. The van der Waals surface area contributed by atoms with E-state index in [-0.39, 0.29) is 0 Å². The number of nitrogens with zero attached hydrogens (tertiary/aromatic N) is 5. The second-order valence-electron chi connectivity index (χ2n) is 5.16. The summed E-state index contributed by atoms with van der Waals surface area (Å²) >= 11 is 0. The maximum absolute atomic E-state index is 5.01. The Balaban J connectivity index is 1.60. The van der Waals surface area contributed by atoms with Crippen LogP contribution in [0.5, 0.6) is 0 Å². The highest BCUT2D eigenvalue weighted by atomic mass is 16.3. The topological polar surface area (TPSA) is 58.3 Å². The molecule has 2 aromatic rings. The van der Waals surface area contributed by atoms with Crippen LogP contribution in [-0.2, 0) is 6.54 Å². The van der Waals surface area contributed by atoms with E-state index in [1.807, 2.05) is 13.8 Å². The minimum absolute atomic E-state index is 0.838. The van der Waals surface area contributed by atoms with Gasteiger partial charge in [-0.05, 0) is 13.8 Å². The Hall–Kier alpha value is -1.95. The van der Waals surface area contributed by atoms with Gasteiger partial charge in [0.2, 0.25) is 0 Å². The average Bonchev–Trinajstić information content (AvgIpc) is 2.91. The van der Waals surface area contributed by atoms with Crippen molar-refractivity contribution in [1.82, 2.24) is 19.9 Å². The first-order valence-corrected chi connectivity index (χ1v) is 6.87. The van der Waals surface area contributed by atoms with Crippen LogP contribution >= 0.6 is 0 Å². The van der Waals surface area contributed by atoms with Crippen LogP contribution in [0.15, 0.2) is 23.1 Å². The lowest BCUT2D eigenvalue weighted by molar-refractivity contribution is 0.246. The van der Waals surface area contributed by atoms with Gasteiger partial charge in [0.15, 0.2) is 6.39 Å². The molecule has 0 bridgehead atoms. The number of anilines is 1. The third-order valence-corrected chi connectivity index (χ3v) is 3.52. The number of oxazole rings is 1. The summed E-state index contributed by atoms with van der Waals surface area (Å²) < 4.78 is 5.01. The van der Waals surface area contributed by atoms with Crippen LogP contribution in [0.4, 0.5) is 5.82 Å². The monoisotopic (exact) mass is 273 g/mol. The number of rotatable bonds is 3. The van der Waals surface area contributed by atoms with Crippen molar-refractivity contribution in [1.29, 1.82) is 0 Å². The second kappa shape index (κ2) is 5.58. The molecule has 1 aliphatic rings. The third kappa shape index (κ3) is 2.96. The zero-order chi connectivity index (χ0) is 13.9. The van der Waals surface area contributed by atoms with E-state index in [1.54, 1.807) is 6.26 Å². The number of hydrogen-bond acceptors (Lipinski definition) is 6. The standard InChI is InChI=1S/C14H19N5O/c1-11-7-14(17-12(2)16-11)19-5-3-18(4-6-19)8-13-9-20-10-15-13/h7,9-10H,3-6,8H2,1-2H3. The number of aryl methyl sites for hydroxylation is 2. The lowest BCUT2D eigenvalue weighted by atomic mass is 10.3. The molecule has 0 atom stereocenters. The van der Waals surface area contributed by atoms with Crippen molar-refractivity contribution < 1.29 is 4.42 Å². The highest BCUT2D eigenvalue weighted by Crippen LogP contribution is 2.15. The molecule has 0 unspecified atom stereocenters. The first-order chi connectivity index (χ1) is 9.70. The molecule has 106 valence electrons. The third-order valence-electron chi connectivity index (χ3n) is 3.52. The molecule has 3 rings (SSSR count). The molecule has 3 heterocycles. The smallest absolute Gasteiger partial charge is 0.180 e. The molecule has 1 fully saturated rings. The van der Waals surface area contributed by atoms with Crippen LogP contribution in [0.25, 0.3) is 0 Å². The highest BCUT2D eigenvalue weighted by Gasteiger charge is 2.19. The fourth-order valence-corrected chi connectivity index (χ4v) is 2.54. The van der Waals surface area contributed by atoms with Gasteiger partial charge < -0.3 is 9.32 Å². The maximum Gasteiger partial charge on any atom is 0.180 e. The van der Waals surface area contributed by atoms with Gasteiger partial charge >= 0.3 is 0 Å². The van der Waals surface area contributed by atoms with Gasteiger partial charge in [-0.25, -0.2) is 15.0 Å². The molecule has 0 aromatic carbocycles. The summed E-state index contributed by atoms with van der Waals surface area (Å²) in [5.41, 5.74) is 2.02. The Bertz CT molecular complexity index is 541. The lowest BCUT2D eigenvalue weighted by Crippen LogP contribution is -2.46.